The molecule has 0 spiro atoms. The summed E-state index contributed by atoms with van der Waals surface area (Å²) in [5.74, 6) is 0.332. The smallest absolute Gasteiger partial charge is 0.273 e. The van der Waals surface area contributed by atoms with Crippen molar-refractivity contribution in [3.8, 4) is 0 Å². The van der Waals surface area contributed by atoms with Gasteiger partial charge in [-0.15, -0.1) is 22.7 Å². The number of benzene rings is 1. The molecular formula is C16H15N3O2S3. The van der Waals surface area contributed by atoms with E-state index in [2.05, 4.69) is 21.9 Å². The standard InChI is InChI=1S/C16H15N3O2S3/c20-14(18-19-15(21)13-7-3-9-22-13)8-4-10-23-16-17-11-5-1-2-6-12(11)24-16/h1-3,5-7,9H,4,8,10H2,(H,18,20)(H,19,21). The number of rotatable bonds is 6. The molecule has 2 heterocycles. The van der Waals surface area contributed by atoms with E-state index >= 15 is 0 Å². The summed E-state index contributed by atoms with van der Waals surface area (Å²) in [5, 5.41) is 1.82. The molecule has 8 heteroatoms. The fourth-order valence-corrected chi connectivity index (χ4v) is 4.66. The molecule has 2 aromatic heterocycles. The predicted molar refractivity (Wildman–Crippen MR) is 99.5 cm³/mol. The van der Waals surface area contributed by atoms with Crippen LogP contribution >= 0.6 is 34.4 Å². The van der Waals surface area contributed by atoms with E-state index < -0.39 is 0 Å². The Hall–Kier alpha value is -1.90. The molecule has 0 saturated carbocycles. The lowest BCUT2D eigenvalue weighted by molar-refractivity contribution is -0.121. The number of amides is 2. The Morgan fingerprint density at radius 1 is 1.12 bits per heavy atom. The highest BCUT2D eigenvalue weighted by Gasteiger charge is 2.08. The molecule has 0 aliphatic carbocycles. The fourth-order valence-electron chi connectivity index (χ4n) is 1.96. The minimum Gasteiger partial charge on any atom is -0.273 e. The van der Waals surface area contributed by atoms with Crippen LogP contribution in [0.25, 0.3) is 10.2 Å². The van der Waals surface area contributed by atoms with Crippen LogP contribution in [-0.4, -0.2) is 22.6 Å². The molecule has 3 aromatic rings. The van der Waals surface area contributed by atoms with E-state index in [1.54, 1.807) is 35.2 Å². The van der Waals surface area contributed by atoms with Gasteiger partial charge in [0.2, 0.25) is 5.91 Å². The maximum absolute atomic E-state index is 11.7. The number of carbonyl (C=O) groups excluding carboxylic acids is 2. The molecule has 2 amide bonds. The van der Waals surface area contributed by atoms with Gasteiger partial charge in [0.05, 0.1) is 15.1 Å². The molecule has 1 aromatic carbocycles. The highest BCUT2D eigenvalue weighted by Crippen LogP contribution is 2.29. The van der Waals surface area contributed by atoms with Gasteiger partial charge in [-0.1, -0.05) is 30.0 Å². The summed E-state index contributed by atoms with van der Waals surface area (Å²) in [6, 6.07) is 11.5. The molecule has 0 aliphatic rings. The van der Waals surface area contributed by atoms with Gasteiger partial charge in [-0.2, -0.15) is 0 Å². The maximum Gasteiger partial charge on any atom is 0.279 e. The van der Waals surface area contributed by atoms with E-state index in [-0.39, 0.29) is 11.8 Å². The Labute approximate surface area is 151 Å². The topological polar surface area (TPSA) is 71.1 Å². The highest BCUT2D eigenvalue weighted by molar-refractivity contribution is 8.01. The van der Waals surface area contributed by atoms with Crippen LogP contribution in [0.5, 0.6) is 0 Å². The average molecular weight is 378 g/mol. The molecule has 124 valence electrons. The predicted octanol–water partition coefficient (Wildman–Crippen LogP) is 3.69. The minimum absolute atomic E-state index is 0.190. The Balaban J connectivity index is 1.35. The summed E-state index contributed by atoms with van der Waals surface area (Å²) in [5.41, 5.74) is 5.87. The van der Waals surface area contributed by atoms with E-state index in [1.165, 1.54) is 16.0 Å². The van der Waals surface area contributed by atoms with Crippen LogP contribution in [0, 0.1) is 0 Å². The zero-order chi connectivity index (χ0) is 16.8. The summed E-state index contributed by atoms with van der Waals surface area (Å²) in [4.78, 5) is 28.5. The van der Waals surface area contributed by atoms with Gasteiger partial charge in [-0.05, 0) is 30.0 Å². The first-order chi connectivity index (χ1) is 11.7. The van der Waals surface area contributed by atoms with Gasteiger partial charge in [0.1, 0.15) is 0 Å². The number of fused-ring (bicyclic) bond motifs is 1. The zero-order valence-corrected chi connectivity index (χ0v) is 15.1. The third-order valence-corrected chi connectivity index (χ3v) is 6.24. The summed E-state index contributed by atoms with van der Waals surface area (Å²) < 4.78 is 2.19. The number of nitrogens with zero attached hydrogens (tertiary/aromatic N) is 1. The van der Waals surface area contributed by atoms with Gasteiger partial charge in [-0.25, -0.2) is 4.98 Å². The van der Waals surface area contributed by atoms with Gasteiger partial charge in [0.25, 0.3) is 5.91 Å². The van der Waals surface area contributed by atoms with Crippen molar-refractivity contribution in [2.45, 2.75) is 17.2 Å². The van der Waals surface area contributed by atoms with Crippen molar-refractivity contribution in [3.63, 3.8) is 0 Å². The first-order valence-electron chi connectivity index (χ1n) is 7.33. The molecule has 0 fully saturated rings. The molecule has 3 rings (SSSR count). The number of hydrazine groups is 1. The second kappa shape index (κ2) is 8.27. The van der Waals surface area contributed by atoms with Crippen LogP contribution in [0.2, 0.25) is 0 Å². The lowest BCUT2D eigenvalue weighted by Gasteiger charge is -2.05. The van der Waals surface area contributed by atoms with Crippen molar-refractivity contribution in [2.24, 2.45) is 0 Å². The number of aromatic nitrogens is 1. The number of thiazole rings is 1. The molecule has 0 unspecified atom stereocenters. The van der Waals surface area contributed by atoms with Gasteiger partial charge >= 0.3 is 0 Å². The quantitative estimate of drug-likeness (QED) is 0.390. The van der Waals surface area contributed by atoms with E-state index in [1.807, 2.05) is 23.6 Å². The second-order valence-corrected chi connectivity index (χ2v) is 8.20. The Bertz CT molecular complexity index is 797. The minimum atomic E-state index is -0.290. The normalized spacial score (nSPS) is 10.7. The van der Waals surface area contributed by atoms with Crippen molar-refractivity contribution in [2.75, 3.05) is 5.75 Å². The Morgan fingerprint density at radius 2 is 2.00 bits per heavy atom. The summed E-state index contributed by atoms with van der Waals surface area (Å²) >= 11 is 4.65. The molecule has 0 saturated heterocycles. The van der Waals surface area contributed by atoms with Crippen LogP contribution in [0.3, 0.4) is 0 Å². The lowest BCUT2D eigenvalue weighted by atomic mass is 10.3. The molecule has 0 atom stereocenters. The molecule has 0 bridgehead atoms. The third kappa shape index (κ3) is 4.56. The van der Waals surface area contributed by atoms with Crippen molar-refractivity contribution in [3.05, 3.63) is 46.7 Å². The number of hydrogen-bond donors (Lipinski definition) is 2. The number of hydrogen-bond acceptors (Lipinski definition) is 6. The first kappa shape index (κ1) is 16.9. The van der Waals surface area contributed by atoms with Crippen LogP contribution in [0.4, 0.5) is 0 Å². The number of carbonyl (C=O) groups is 2. The number of thioether (sulfide) groups is 1. The monoisotopic (exact) mass is 377 g/mol. The van der Waals surface area contributed by atoms with E-state index in [9.17, 15) is 9.59 Å². The third-order valence-electron chi connectivity index (χ3n) is 3.11. The molecule has 24 heavy (non-hydrogen) atoms. The van der Waals surface area contributed by atoms with Crippen molar-refractivity contribution in [1.29, 1.82) is 0 Å². The number of para-hydroxylation sites is 1. The van der Waals surface area contributed by atoms with E-state index in [0.29, 0.717) is 11.3 Å². The molecule has 2 N–H and O–H groups in total. The largest absolute Gasteiger partial charge is 0.279 e. The SMILES string of the molecule is O=C(CCCSc1nc2ccccc2s1)NNC(=O)c1cccs1. The Kier molecular flexibility index (Phi) is 5.84. The Morgan fingerprint density at radius 3 is 2.79 bits per heavy atom. The van der Waals surface area contributed by atoms with Gasteiger partial charge in [0.15, 0.2) is 4.34 Å². The van der Waals surface area contributed by atoms with Gasteiger partial charge in [0, 0.05) is 12.2 Å². The van der Waals surface area contributed by atoms with Crippen molar-refractivity contribution < 1.29 is 9.59 Å². The first-order valence-corrected chi connectivity index (χ1v) is 10.0. The summed E-state index contributed by atoms with van der Waals surface area (Å²) in [6.45, 7) is 0. The molecular weight excluding hydrogens is 362 g/mol. The van der Waals surface area contributed by atoms with Crippen molar-refractivity contribution in [1.82, 2.24) is 15.8 Å². The second-order valence-electron chi connectivity index (χ2n) is 4.88. The van der Waals surface area contributed by atoms with Crippen LogP contribution < -0.4 is 10.9 Å². The summed E-state index contributed by atoms with van der Waals surface area (Å²) in [6.07, 6.45) is 1.09. The van der Waals surface area contributed by atoms with Gasteiger partial charge in [-0.3, -0.25) is 20.4 Å². The average Bonchev–Trinajstić information content (AvgIpc) is 3.25. The summed E-state index contributed by atoms with van der Waals surface area (Å²) in [7, 11) is 0. The van der Waals surface area contributed by atoms with Crippen LogP contribution in [-0.2, 0) is 4.79 Å². The maximum atomic E-state index is 11.7. The highest BCUT2D eigenvalue weighted by atomic mass is 32.2. The van der Waals surface area contributed by atoms with Crippen LogP contribution in [0.1, 0.15) is 22.5 Å². The lowest BCUT2D eigenvalue weighted by Crippen LogP contribution is -2.41. The number of thiophene rings is 1. The van der Waals surface area contributed by atoms with Gasteiger partial charge < -0.3 is 0 Å². The van der Waals surface area contributed by atoms with Crippen LogP contribution in [0.15, 0.2) is 46.1 Å². The molecule has 0 aliphatic heterocycles. The van der Waals surface area contributed by atoms with Crippen molar-refractivity contribution >= 4 is 56.5 Å². The van der Waals surface area contributed by atoms with E-state index in [4.69, 9.17) is 0 Å². The number of nitrogens with one attached hydrogen (secondary N) is 2. The molecule has 5 nitrogen and oxygen atoms in total. The fraction of sp³-hybridized carbons (Fsp3) is 0.188. The molecule has 0 radical (unpaired) electrons. The zero-order valence-electron chi connectivity index (χ0n) is 12.7. The van der Waals surface area contributed by atoms with E-state index in [0.717, 1.165) is 22.0 Å².